The molecule has 1 heterocycles. The number of hydrogen-bond donors (Lipinski definition) is 2. The van der Waals surface area contributed by atoms with Crippen LogP contribution in [0.5, 0.6) is 0 Å². The second-order valence-electron chi connectivity index (χ2n) is 5.86. The molecule has 154 valence electrons. The molecule has 2 aromatic carbocycles. The molecule has 0 bridgehead atoms. The third kappa shape index (κ3) is 5.56. The van der Waals surface area contributed by atoms with Crippen LogP contribution in [0, 0.1) is 10.1 Å². The van der Waals surface area contributed by atoms with Crippen LogP contribution in [0.3, 0.4) is 0 Å². The third-order valence-corrected chi connectivity index (χ3v) is 6.31. The van der Waals surface area contributed by atoms with Crippen molar-refractivity contribution in [2.75, 3.05) is 17.2 Å². The molecule has 0 saturated heterocycles. The van der Waals surface area contributed by atoms with Gasteiger partial charge >= 0.3 is 0 Å². The molecule has 0 radical (unpaired) electrons. The lowest BCUT2D eigenvalue weighted by Gasteiger charge is -2.15. The van der Waals surface area contributed by atoms with Crippen molar-refractivity contribution in [1.29, 1.82) is 0 Å². The van der Waals surface area contributed by atoms with Gasteiger partial charge in [0.15, 0.2) is 4.34 Å². The first-order valence-corrected chi connectivity index (χ1v) is 10.7. The maximum Gasteiger partial charge on any atom is 0.289 e. The summed E-state index contributed by atoms with van der Waals surface area (Å²) in [5, 5.41) is 25.1. The number of carbonyl (C=O) groups is 1. The molecule has 1 amide bonds. The smallest absolute Gasteiger partial charge is 0.289 e. The SMILES string of the molecule is C=CCNc1nnc(SC(C(=O)Nc2ccc(Cl)c([N+](=O)[O-])c2)c2ccccc2)s1. The van der Waals surface area contributed by atoms with Crippen molar-refractivity contribution in [1.82, 2.24) is 10.2 Å². The van der Waals surface area contributed by atoms with Crippen molar-refractivity contribution < 1.29 is 9.72 Å². The zero-order chi connectivity index (χ0) is 21.5. The molecule has 2 N–H and O–H groups in total. The Morgan fingerprint density at radius 2 is 2.07 bits per heavy atom. The van der Waals surface area contributed by atoms with E-state index in [-0.39, 0.29) is 22.3 Å². The number of nitro benzene ring substituents is 1. The van der Waals surface area contributed by atoms with Crippen LogP contribution in [0.4, 0.5) is 16.5 Å². The zero-order valence-electron chi connectivity index (χ0n) is 15.4. The molecule has 1 atom stereocenters. The molecule has 0 aliphatic carbocycles. The Morgan fingerprint density at radius 3 is 2.77 bits per heavy atom. The van der Waals surface area contributed by atoms with Gasteiger partial charge in [0.25, 0.3) is 5.69 Å². The second kappa shape index (κ2) is 10.2. The minimum Gasteiger partial charge on any atom is -0.357 e. The number of amides is 1. The number of thioether (sulfide) groups is 1. The predicted octanol–water partition coefficient (Wildman–Crippen LogP) is 5.17. The summed E-state index contributed by atoms with van der Waals surface area (Å²) in [5.74, 6) is -0.348. The van der Waals surface area contributed by atoms with E-state index in [1.165, 1.54) is 41.3 Å². The number of aromatic nitrogens is 2. The summed E-state index contributed by atoms with van der Waals surface area (Å²) in [6, 6.07) is 13.3. The molecule has 0 aliphatic rings. The number of carbonyl (C=O) groups excluding carboxylic acids is 1. The second-order valence-corrected chi connectivity index (χ2v) is 8.60. The number of rotatable bonds is 9. The molecule has 1 aromatic heterocycles. The fourth-order valence-electron chi connectivity index (χ4n) is 2.43. The van der Waals surface area contributed by atoms with Crippen LogP contribution in [0.15, 0.2) is 65.5 Å². The van der Waals surface area contributed by atoms with Crippen molar-refractivity contribution in [3.8, 4) is 0 Å². The topological polar surface area (TPSA) is 110 Å². The third-order valence-electron chi connectivity index (χ3n) is 3.77. The normalized spacial score (nSPS) is 11.5. The Labute approximate surface area is 185 Å². The van der Waals surface area contributed by atoms with E-state index < -0.39 is 10.2 Å². The van der Waals surface area contributed by atoms with E-state index in [0.29, 0.717) is 16.0 Å². The average molecular weight is 462 g/mol. The minimum absolute atomic E-state index is 0.000367. The van der Waals surface area contributed by atoms with Gasteiger partial charge in [0.05, 0.1) is 4.92 Å². The molecule has 1 unspecified atom stereocenters. The van der Waals surface area contributed by atoms with Crippen molar-refractivity contribution in [3.63, 3.8) is 0 Å². The highest BCUT2D eigenvalue weighted by Crippen LogP contribution is 2.39. The highest BCUT2D eigenvalue weighted by molar-refractivity contribution is 8.02. The van der Waals surface area contributed by atoms with E-state index in [4.69, 9.17) is 11.6 Å². The van der Waals surface area contributed by atoms with Crippen LogP contribution in [-0.4, -0.2) is 27.6 Å². The molecule has 3 aromatic rings. The summed E-state index contributed by atoms with van der Waals surface area (Å²) in [6.07, 6.45) is 1.71. The summed E-state index contributed by atoms with van der Waals surface area (Å²) >= 11 is 8.41. The molecule has 3 rings (SSSR count). The van der Waals surface area contributed by atoms with Crippen molar-refractivity contribution in [3.05, 3.63) is 81.9 Å². The fourth-order valence-corrected chi connectivity index (χ4v) is 4.57. The zero-order valence-corrected chi connectivity index (χ0v) is 17.8. The van der Waals surface area contributed by atoms with Gasteiger partial charge in [-0.2, -0.15) is 0 Å². The largest absolute Gasteiger partial charge is 0.357 e. The molecular weight excluding hydrogens is 446 g/mol. The molecule has 8 nitrogen and oxygen atoms in total. The van der Waals surface area contributed by atoms with E-state index in [0.717, 1.165) is 5.56 Å². The van der Waals surface area contributed by atoms with Crippen LogP contribution in [0.25, 0.3) is 0 Å². The molecule has 0 fully saturated rings. The number of hydrogen-bond acceptors (Lipinski definition) is 8. The molecule has 0 spiro atoms. The summed E-state index contributed by atoms with van der Waals surface area (Å²) in [7, 11) is 0. The Balaban J connectivity index is 1.83. The van der Waals surface area contributed by atoms with Gasteiger partial charge in [-0.05, 0) is 17.7 Å². The van der Waals surface area contributed by atoms with Gasteiger partial charge in [0, 0.05) is 18.3 Å². The van der Waals surface area contributed by atoms with Crippen molar-refractivity contribution in [2.24, 2.45) is 0 Å². The van der Waals surface area contributed by atoms with Gasteiger partial charge in [-0.1, -0.05) is 71.1 Å². The van der Waals surface area contributed by atoms with E-state index in [9.17, 15) is 14.9 Å². The summed E-state index contributed by atoms with van der Waals surface area (Å²) < 4.78 is 0.604. The molecule has 0 aliphatic heterocycles. The van der Waals surface area contributed by atoms with Gasteiger partial charge in [-0.3, -0.25) is 14.9 Å². The summed E-state index contributed by atoms with van der Waals surface area (Å²) in [4.78, 5) is 23.6. The summed E-state index contributed by atoms with van der Waals surface area (Å²) in [5.41, 5.74) is 0.767. The molecule has 30 heavy (non-hydrogen) atoms. The number of nitro groups is 1. The lowest BCUT2D eigenvalue weighted by molar-refractivity contribution is -0.384. The first-order chi connectivity index (χ1) is 14.5. The van der Waals surface area contributed by atoms with Gasteiger partial charge in [-0.15, -0.1) is 16.8 Å². The number of nitrogens with zero attached hydrogens (tertiary/aromatic N) is 3. The lowest BCUT2D eigenvalue weighted by atomic mass is 10.1. The fraction of sp³-hybridized carbons (Fsp3) is 0.105. The van der Waals surface area contributed by atoms with Gasteiger partial charge in [-0.25, -0.2) is 0 Å². The van der Waals surface area contributed by atoms with E-state index in [1.54, 1.807) is 6.08 Å². The maximum atomic E-state index is 13.1. The molecular formula is C19H16ClN5O3S2. The Morgan fingerprint density at radius 1 is 1.30 bits per heavy atom. The van der Waals surface area contributed by atoms with Crippen molar-refractivity contribution in [2.45, 2.75) is 9.59 Å². The number of anilines is 2. The highest BCUT2D eigenvalue weighted by Gasteiger charge is 2.25. The van der Waals surface area contributed by atoms with Crippen LogP contribution in [-0.2, 0) is 4.79 Å². The Kier molecular flexibility index (Phi) is 7.39. The molecule has 0 saturated carbocycles. The van der Waals surface area contributed by atoms with Crippen LogP contribution in [0.2, 0.25) is 5.02 Å². The quantitative estimate of drug-likeness (QED) is 0.196. The van der Waals surface area contributed by atoms with Crippen LogP contribution >= 0.6 is 34.7 Å². The van der Waals surface area contributed by atoms with Crippen molar-refractivity contribution >= 4 is 57.1 Å². The van der Waals surface area contributed by atoms with Gasteiger partial charge in [0.2, 0.25) is 11.0 Å². The Bertz CT molecular complexity index is 1060. The maximum absolute atomic E-state index is 13.1. The van der Waals surface area contributed by atoms with Gasteiger partial charge in [0.1, 0.15) is 10.3 Å². The van der Waals surface area contributed by atoms with E-state index >= 15 is 0 Å². The summed E-state index contributed by atoms with van der Waals surface area (Å²) in [6.45, 7) is 4.19. The Hall–Kier alpha value is -2.95. The molecule has 11 heteroatoms. The first kappa shape index (κ1) is 21.8. The number of nitrogens with one attached hydrogen (secondary N) is 2. The lowest BCUT2D eigenvalue weighted by Crippen LogP contribution is -2.19. The standard InChI is InChI=1S/C19H16ClN5O3S2/c1-2-10-21-18-23-24-19(30-18)29-16(12-6-4-3-5-7-12)17(26)22-13-8-9-14(20)15(11-13)25(27)28/h2-9,11,16H,1,10H2,(H,21,23)(H,22,26). The minimum atomic E-state index is -0.638. The van der Waals surface area contributed by atoms with E-state index in [2.05, 4.69) is 27.4 Å². The number of halogens is 1. The highest BCUT2D eigenvalue weighted by atomic mass is 35.5. The van der Waals surface area contributed by atoms with Gasteiger partial charge < -0.3 is 10.6 Å². The first-order valence-electron chi connectivity index (χ1n) is 8.62. The average Bonchev–Trinajstić information content (AvgIpc) is 3.19. The monoisotopic (exact) mass is 461 g/mol. The number of benzene rings is 2. The van der Waals surface area contributed by atoms with Crippen LogP contribution in [0.1, 0.15) is 10.8 Å². The predicted molar refractivity (Wildman–Crippen MR) is 120 cm³/mol. The van der Waals surface area contributed by atoms with Crippen LogP contribution < -0.4 is 10.6 Å². The van der Waals surface area contributed by atoms with E-state index in [1.807, 2.05) is 30.3 Å².